The highest BCUT2D eigenvalue weighted by Gasteiger charge is 2.24. The summed E-state index contributed by atoms with van der Waals surface area (Å²) in [6.07, 6.45) is 0.994. The van der Waals surface area contributed by atoms with Crippen molar-refractivity contribution in [1.29, 1.82) is 0 Å². The van der Waals surface area contributed by atoms with Crippen molar-refractivity contribution in [2.24, 2.45) is 5.92 Å². The van der Waals surface area contributed by atoms with E-state index in [1.807, 2.05) is 51.1 Å². The lowest BCUT2D eigenvalue weighted by Gasteiger charge is -2.21. The number of thiophene rings is 1. The highest BCUT2D eigenvalue weighted by molar-refractivity contribution is 8.00. The van der Waals surface area contributed by atoms with E-state index in [4.69, 9.17) is 11.6 Å². The lowest BCUT2D eigenvalue weighted by atomic mass is 10.0. The zero-order valence-electron chi connectivity index (χ0n) is 20.9. The SMILES string of the molecule is CCSC(CCNC(=O)[C@H](CC(C)C)NC(=O)c1cc2ccccc2s1)NS(=O)c1ccc(F)cc1Cl. The molecule has 6 nitrogen and oxygen atoms in total. The van der Waals surface area contributed by atoms with Crippen LogP contribution in [0, 0.1) is 11.7 Å². The minimum absolute atomic E-state index is 0.0882. The van der Waals surface area contributed by atoms with Gasteiger partial charge < -0.3 is 10.6 Å². The third-order valence-electron chi connectivity index (χ3n) is 5.38. The van der Waals surface area contributed by atoms with Gasteiger partial charge in [-0.2, -0.15) is 0 Å². The second kappa shape index (κ2) is 14.2. The summed E-state index contributed by atoms with van der Waals surface area (Å²) in [7, 11) is -1.64. The second-order valence-corrected chi connectivity index (χ2v) is 13.0. The van der Waals surface area contributed by atoms with Gasteiger partial charge in [0.1, 0.15) is 22.8 Å². The van der Waals surface area contributed by atoms with E-state index in [-0.39, 0.29) is 28.1 Å². The minimum atomic E-state index is -1.64. The summed E-state index contributed by atoms with van der Waals surface area (Å²) in [6, 6.07) is 12.7. The Bertz CT molecular complexity index is 1220. The third kappa shape index (κ3) is 8.78. The van der Waals surface area contributed by atoms with Gasteiger partial charge in [0, 0.05) is 11.2 Å². The molecule has 3 aromatic rings. The van der Waals surface area contributed by atoms with Crippen molar-refractivity contribution in [2.45, 2.75) is 49.9 Å². The van der Waals surface area contributed by atoms with Crippen LogP contribution in [0.1, 0.15) is 43.3 Å². The van der Waals surface area contributed by atoms with E-state index >= 15 is 0 Å². The lowest BCUT2D eigenvalue weighted by molar-refractivity contribution is -0.123. The molecule has 0 saturated carbocycles. The maximum Gasteiger partial charge on any atom is 0.262 e. The average Bonchev–Trinajstić information content (AvgIpc) is 3.28. The molecule has 11 heteroatoms. The molecular weight excluding hydrogens is 553 g/mol. The Morgan fingerprint density at radius 1 is 1.16 bits per heavy atom. The molecule has 0 aliphatic rings. The normalized spacial score (nSPS) is 13.9. The number of fused-ring (bicyclic) bond motifs is 1. The smallest absolute Gasteiger partial charge is 0.262 e. The molecule has 2 amide bonds. The van der Waals surface area contributed by atoms with E-state index in [1.54, 1.807) is 11.8 Å². The van der Waals surface area contributed by atoms with E-state index in [2.05, 4.69) is 15.4 Å². The van der Waals surface area contributed by atoms with E-state index in [1.165, 1.54) is 23.5 Å². The molecule has 37 heavy (non-hydrogen) atoms. The number of halogens is 2. The lowest BCUT2D eigenvalue weighted by Crippen LogP contribution is -2.48. The summed E-state index contributed by atoms with van der Waals surface area (Å²) in [4.78, 5) is 26.8. The number of benzene rings is 2. The van der Waals surface area contributed by atoms with Crippen LogP contribution in [0.4, 0.5) is 4.39 Å². The monoisotopic (exact) mass is 583 g/mol. The molecule has 3 atom stereocenters. The summed E-state index contributed by atoms with van der Waals surface area (Å²) >= 11 is 8.99. The molecule has 3 N–H and O–H groups in total. The van der Waals surface area contributed by atoms with Gasteiger partial charge in [0.15, 0.2) is 0 Å². The first-order valence-electron chi connectivity index (χ1n) is 12.0. The maximum atomic E-state index is 13.3. The largest absolute Gasteiger partial charge is 0.354 e. The number of amides is 2. The van der Waals surface area contributed by atoms with Crippen LogP contribution in [0.15, 0.2) is 53.4 Å². The van der Waals surface area contributed by atoms with Gasteiger partial charge in [-0.05, 0) is 60.2 Å². The summed E-state index contributed by atoms with van der Waals surface area (Å²) < 4.78 is 30.1. The molecule has 0 aliphatic carbocycles. The molecule has 0 bridgehead atoms. The molecule has 0 radical (unpaired) electrons. The van der Waals surface area contributed by atoms with Crippen molar-refractivity contribution in [3.05, 3.63) is 64.2 Å². The van der Waals surface area contributed by atoms with Gasteiger partial charge in [0.2, 0.25) is 5.91 Å². The van der Waals surface area contributed by atoms with E-state index in [0.717, 1.165) is 21.9 Å². The molecule has 200 valence electrons. The first-order valence-corrected chi connectivity index (χ1v) is 15.4. The van der Waals surface area contributed by atoms with Crippen LogP contribution in [-0.4, -0.2) is 39.7 Å². The topological polar surface area (TPSA) is 87.3 Å². The summed E-state index contributed by atoms with van der Waals surface area (Å²) in [5, 5.41) is 6.66. The Morgan fingerprint density at radius 3 is 2.59 bits per heavy atom. The van der Waals surface area contributed by atoms with Crippen LogP contribution in [0.2, 0.25) is 5.02 Å². The summed E-state index contributed by atoms with van der Waals surface area (Å²) in [5.41, 5.74) is 0. The standard InChI is InChI=1S/C26H31ClFN3O3S3/c1-4-35-24(31-37(34)23-10-9-18(28)15-19(23)27)11-12-29-25(32)20(13-16(2)3)30-26(33)22-14-17-7-5-6-8-21(17)36-22/h5-10,14-16,20,24,31H,4,11-13H2,1-3H3,(H,29,32)(H,30,33)/t20-,24?,37?/m0/s1. The van der Waals surface area contributed by atoms with Crippen LogP contribution in [0.3, 0.4) is 0 Å². The van der Waals surface area contributed by atoms with Gasteiger partial charge in [0.25, 0.3) is 5.91 Å². The van der Waals surface area contributed by atoms with Crippen molar-refractivity contribution in [2.75, 3.05) is 12.3 Å². The summed E-state index contributed by atoms with van der Waals surface area (Å²) in [5.74, 6) is -0.0586. The fourth-order valence-corrected chi connectivity index (χ4v) is 7.14. The van der Waals surface area contributed by atoms with E-state index in [0.29, 0.717) is 29.2 Å². The number of nitrogens with one attached hydrogen (secondary N) is 3. The molecule has 0 fully saturated rings. The highest BCUT2D eigenvalue weighted by Crippen LogP contribution is 2.25. The van der Waals surface area contributed by atoms with Crippen LogP contribution >= 0.6 is 34.7 Å². The zero-order valence-corrected chi connectivity index (χ0v) is 24.1. The number of hydrogen-bond donors (Lipinski definition) is 3. The number of rotatable bonds is 13. The van der Waals surface area contributed by atoms with Crippen molar-refractivity contribution < 1.29 is 18.2 Å². The third-order valence-corrected chi connectivity index (χ3v) is 9.42. The molecule has 0 saturated heterocycles. The van der Waals surface area contributed by atoms with Gasteiger partial charge in [-0.3, -0.25) is 9.59 Å². The second-order valence-electron chi connectivity index (χ2n) is 8.79. The van der Waals surface area contributed by atoms with Gasteiger partial charge in [0.05, 0.1) is 20.2 Å². The molecule has 0 spiro atoms. The number of carbonyl (C=O) groups excluding carboxylic acids is 2. The van der Waals surface area contributed by atoms with Crippen LogP contribution in [0.5, 0.6) is 0 Å². The highest BCUT2D eigenvalue weighted by atomic mass is 35.5. The fraction of sp³-hybridized carbons (Fsp3) is 0.385. The average molecular weight is 584 g/mol. The molecule has 1 heterocycles. The minimum Gasteiger partial charge on any atom is -0.354 e. The number of carbonyl (C=O) groups is 2. The van der Waals surface area contributed by atoms with Crippen LogP contribution in [-0.2, 0) is 15.8 Å². The predicted octanol–water partition coefficient (Wildman–Crippen LogP) is 5.74. The number of thioether (sulfide) groups is 1. The number of hydrogen-bond acceptors (Lipinski definition) is 5. The molecule has 3 rings (SSSR count). The van der Waals surface area contributed by atoms with Crippen molar-refractivity contribution >= 4 is 67.6 Å². The van der Waals surface area contributed by atoms with Crippen molar-refractivity contribution in [3.8, 4) is 0 Å². The van der Waals surface area contributed by atoms with Gasteiger partial charge in [-0.15, -0.1) is 23.1 Å². The Balaban J connectivity index is 1.58. The fourth-order valence-electron chi connectivity index (χ4n) is 3.66. The van der Waals surface area contributed by atoms with Crippen LogP contribution < -0.4 is 15.4 Å². The Labute approximate surface area is 232 Å². The molecule has 2 aromatic carbocycles. The molecule has 1 aromatic heterocycles. The molecule has 2 unspecified atom stereocenters. The van der Waals surface area contributed by atoms with Gasteiger partial charge in [-0.1, -0.05) is 50.6 Å². The zero-order chi connectivity index (χ0) is 26.9. The Morgan fingerprint density at radius 2 is 1.92 bits per heavy atom. The van der Waals surface area contributed by atoms with E-state index in [9.17, 15) is 18.2 Å². The van der Waals surface area contributed by atoms with Crippen molar-refractivity contribution in [3.63, 3.8) is 0 Å². The van der Waals surface area contributed by atoms with Crippen molar-refractivity contribution in [1.82, 2.24) is 15.4 Å². The quantitative estimate of drug-likeness (QED) is 0.224. The Hall–Kier alpha value is -1.98. The van der Waals surface area contributed by atoms with E-state index < -0.39 is 22.8 Å². The Kier molecular flexibility index (Phi) is 11.4. The molecular formula is C26H31ClFN3O3S3. The maximum absolute atomic E-state index is 13.3. The first kappa shape index (κ1) is 29.6. The summed E-state index contributed by atoms with van der Waals surface area (Å²) in [6.45, 7) is 6.30. The van der Waals surface area contributed by atoms with Gasteiger partial charge >= 0.3 is 0 Å². The van der Waals surface area contributed by atoms with Crippen LogP contribution in [0.25, 0.3) is 10.1 Å². The van der Waals surface area contributed by atoms with Gasteiger partial charge in [-0.25, -0.2) is 13.3 Å². The molecule has 0 aliphatic heterocycles. The first-order chi connectivity index (χ1) is 17.7. The predicted molar refractivity (Wildman–Crippen MR) is 153 cm³/mol.